The van der Waals surface area contributed by atoms with Crippen LogP contribution in [0.25, 0.3) is 0 Å². The highest BCUT2D eigenvalue weighted by atomic mass is 16.5. The molecule has 5 rings (SSSR count). The van der Waals surface area contributed by atoms with Crippen LogP contribution in [-0.4, -0.2) is 41.5 Å². The number of carbonyl (C=O) groups excluding carboxylic acids is 1. The van der Waals surface area contributed by atoms with E-state index in [1.807, 2.05) is 29.2 Å². The summed E-state index contributed by atoms with van der Waals surface area (Å²) in [5, 5.41) is 14.1. The monoisotopic (exact) mass is 464 g/mol. The average Bonchev–Trinajstić information content (AvgIpc) is 3.04. The van der Waals surface area contributed by atoms with Crippen molar-refractivity contribution in [2.75, 3.05) is 28.3 Å². The molecule has 3 heterocycles. The second-order valence-corrected chi connectivity index (χ2v) is 9.78. The lowest BCUT2D eigenvalue weighted by atomic mass is 9.86. The Balaban J connectivity index is 1.44. The molecule has 0 radical (unpaired) electrons. The Kier molecular flexibility index (Phi) is 7.02. The number of nitrogens with zero attached hydrogens (tertiary/aromatic N) is 3. The fourth-order valence-electron chi connectivity index (χ4n) is 5.48. The van der Waals surface area contributed by atoms with Crippen molar-refractivity contribution >= 4 is 28.8 Å². The van der Waals surface area contributed by atoms with Gasteiger partial charge in [0.1, 0.15) is 12.0 Å². The molecule has 7 heteroatoms. The summed E-state index contributed by atoms with van der Waals surface area (Å²) in [7, 11) is 0. The first-order chi connectivity index (χ1) is 16.6. The van der Waals surface area contributed by atoms with Gasteiger partial charge in [0.2, 0.25) is 5.91 Å². The second kappa shape index (κ2) is 10.3. The molecule has 3 aliphatic rings. The van der Waals surface area contributed by atoms with Crippen molar-refractivity contribution in [3.63, 3.8) is 0 Å². The maximum atomic E-state index is 13.9. The quantitative estimate of drug-likeness (QED) is 0.651. The van der Waals surface area contributed by atoms with E-state index in [-0.39, 0.29) is 17.9 Å². The summed E-state index contributed by atoms with van der Waals surface area (Å²) in [6.45, 7) is 4.23. The number of hydrogen-bond acceptors (Lipinski definition) is 6. The van der Waals surface area contributed by atoms with Crippen molar-refractivity contribution in [1.29, 1.82) is 0 Å². The van der Waals surface area contributed by atoms with Gasteiger partial charge < -0.3 is 25.0 Å². The molecule has 1 saturated heterocycles. The summed E-state index contributed by atoms with van der Waals surface area (Å²) in [5.41, 5.74) is 3.70. The van der Waals surface area contributed by atoms with Gasteiger partial charge in [0.05, 0.1) is 24.0 Å². The first kappa shape index (κ1) is 23.1. The van der Waals surface area contributed by atoms with Gasteiger partial charge in [-0.3, -0.25) is 4.79 Å². The van der Waals surface area contributed by atoms with Gasteiger partial charge in [-0.15, -0.1) is 0 Å². The first-order valence-corrected chi connectivity index (χ1v) is 12.9. The number of anilines is 4. The van der Waals surface area contributed by atoms with Crippen LogP contribution in [0, 0.1) is 5.92 Å². The summed E-state index contributed by atoms with van der Waals surface area (Å²) in [5.74, 6) is 0.961. The Bertz CT molecular complexity index is 1010. The standard InChI is InChI=1S/C27H36N4O3/c1-2-16-34-22-11-8-19(9-12-22)27(33)31-18-20-6-5-14-28-26(20)29-23-13-10-21(17-24(23)31)30-15-4-3-7-25(30)32/h5-6,10,13-14,17,19,22,25,32H,2-4,7-9,11-12,15-16,18H2,1H3,(H,28,29)/t19?,22?,25-/m0/s1. The third-order valence-corrected chi connectivity index (χ3v) is 7.39. The molecule has 2 N–H and O–H groups in total. The van der Waals surface area contributed by atoms with Crippen molar-refractivity contribution < 1.29 is 14.6 Å². The summed E-state index contributed by atoms with van der Waals surface area (Å²) in [6.07, 6.45) is 9.07. The highest BCUT2D eigenvalue weighted by molar-refractivity contribution is 6.00. The molecule has 7 nitrogen and oxygen atoms in total. The second-order valence-electron chi connectivity index (χ2n) is 9.78. The van der Waals surface area contributed by atoms with E-state index in [0.29, 0.717) is 6.54 Å². The minimum Gasteiger partial charge on any atom is -0.378 e. The van der Waals surface area contributed by atoms with Crippen LogP contribution in [0.15, 0.2) is 36.5 Å². The number of pyridine rings is 1. The van der Waals surface area contributed by atoms with Gasteiger partial charge in [-0.2, -0.15) is 0 Å². The number of fused-ring (bicyclic) bond motifs is 2. The van der Waals surface area contributed by atoms with Crippen LogP contribution < -0.4 is 15.1 Å². The van der Waals surface area contributed by atoms with Crippen molar-refractivity contribution in [1.82, 2.24) is 4.98 Å². The van der Waals surface area contributed by atoms with Gasteiger partial charge in [-0.25, -0.2) is 4.98 Å². The molecule has 2 aliphatic heterocycles. The smallest absolute Gasteiger partial charge is 0.230 e. The highest BCUT2D eigenvalue weighted by Gasteiger charge is 2.33. The zero-order chi connectivity index (χ0) is 23.5. The molecule has 2 fully saturated rings. The number of piperidine rings is 1. The third kappa shape index (κ3) is 4.77. The van der Waals surface area contributed by atoms with Crippen LogP contribution in [0.4, 0.5) is 22.9 Å². The molecule has 1 aliphatic carbocycles. The van der Waals surface area contributed by atoms with Gasteiger partial charge in [-0.1, -0.05) is 13.0 Å². The molecule has 34 heavy (non-hydrogen) atoms. The van der Waals surface area contributed by atoms with E-state index < -0.39 is 6.23 Å². The number of aliphatic hydroxyl groups is 1. The van der Waals surface area contributed by atoms with Crippen molar-refractivity contribution in [3.05, 3.63) is 42.1 Å². The summed E-state index contributed by atoms with van der Waals surface area (Å²) in [4.78, 5) is 22.4. The number of aromatic nitrogens is 1. The maximum Gasteiger partial charge on any atom is 0.230 e. The molecular weight excluding hydrogens is 428 g/mol. The lowest BCUT2D eigenvalue weighted by Crippen LogP contribution is -2.40. The van der Waals surface area contributed by atoms with Gasteiger partial charge in [0, 0.05) is 36.5 Å². The zero-order valence-corrected chi connectivity index (χ0v) is 20.1. The number of nitrogens with one attached hydrogen (secondary N) is 1. The van der Waals surface area contributed by atoms with Crippen LogP contribution in [0.5, 0.6) is 0 Å². The Hall–Kier alpha value is -2.64. The van der Waals surface area contributed by atoms with Crippen molar-refractivity contribution in [2.45, 2.75) is 77.2 Å². The number of amides is 1. The summed E-state index contributed by atoms with van der Waals surface area (Å²) < 4.78 is 5.95. The predicted octanol–water partition coefficient (Wildman–Crippen LogP) is 4.97. The van der Waals surface area contributed by atoms with Gasteiger partial charge in [-0.05, 0) is 75.6 Å². The normalized spacial score (nSPS) is 24.6. The molecule has 1 aromatic heterocycles. The Morgan fingerprint density at radius 1 is 1.18 bits per heavy atom. The minimum atomic E-state index is -0.480. The lowest BCUT2D eigenvalue weighted by molar-refractivity contribution is -0.124. The first-order valence-electron chi connectivity index (χ1n) is 12.9. The Labute approximate surface area is 202 Å². The van der Waals surface area contributed by atoms with E-state index in [1.165, 1.54) is 0 Å². The van der Waals surface area contributed by atoms with E-state index in [1.54, 1.807) is 6.20 Å². The number of aliphatic hydroxyl groups excluding tert-OH is 1. The van der Waals surface area contributed by atoms with E-state index in [9.17, 15) is 9.90 Å². The largest absolute Gasteiger partial charge is 0.378 e. The van der Waals surface area contributed by atoms with Crippen molar-refractivity contribution in [3.8, 4) is 0 Å². The molecule has 1 aromatic carbocycles. The highest BCUT2D eigenvalue weighted by Crippen LogP contribution is 2.40. The minimum absolute atomic E-state index is 0.00298. The molecule has 1 amide bonds. The number of ether oxygens (including phenoxy) is 1. The topological polar surface area (TPSA) is 77.9 Å². The fourth-order valence-corrected chi connectivity index (χ4v) is 5.48. The van der Waals surface area contributed by atoms with Gasteiger partial charge >= 0.3 is 0 Å². The maximum absolute atomic E-state index is 13.9. The fraction of sp³-hybridized carbons (Fsp3) is 0.556. The van der Waals surface area contributed by atoms with Gasteiger partial charge in [0.25, 0.3) is 0 Å². The molecule has 0 spiro atoms. The number of carbonyl (C=O) groups is 1. The number of hydrogen-bond donors (Lipinski definition) is 2. The SMILES string of the molecule is CCCOC1CCC(C(=O)N2Cc3cccnc3Nc3ccc(N4CCCC[C@@H]4O)cc32)CC1. The Morgan fingerprint density at radius 3 is 2.82 bits per heavy atom. The molecule has 2 aromatic rings. The van der Waals surface area contributed by atoms with E-state index in [2.05, 4.69) is 28.2 Å². The summed E-state index contributed by atoms with van der Waals surface area (Å²) >= 11 is 0. The molecule has 0 bridgehead atoms. The lowest BCUT2D eigenvalue weighted by Gasteiger charge is -2.36. The number of rotatable bonds is 5. The molecule has 1 saturated carbocycles. The van der Waals surface area contributed by atoms with Crippen LogP contribution in [-0.2, 0) is 16.1 Å². The predicted molar refractivity (Wildman–Crippen MR) is 134 cm³/mol. The van der Waals surface area contributed by atoms with Crippen LogP contribution in [0.1, 0.15) is 63.9 Å². The molecular formula is C27H36N4O3. The third-order valence-electron chi connectivity index (χ3n) is 7.39. The summed E-state index contributed by atoms with van der Waals surface area (Å²) in [6, 6.07) is 10.1. The Morgan fingerprint density at radius 2 is 2.03 bits per heavy atom. The van der Waals surface area contributed by atoms with Crippen LogP contribution >= 0.6 is 0 Å². The average molecular weight is 465 g/mol. The van der Waals surface area contributed by atoms with E-state index in [0.717, 1.165) is 93.0 Å². The van der Waals surface area contributed by atoms with Crippen LogP contribution in [0.3, 0.4) is 0 Å². The zero-order valence-electron chi connectivity index (χ0n) is 20.1. The van der Waals surface area contributed by atoms with Crippen LogP contribution in [0.2, 0.25) is 0 Å². The van der Waals surface area contributed by atoms with Gasteiger partial charge in [0.15, 0.2) is 0 Å². The molecule has 0 unspecified atom stereocenters. The van der Waals surface area contributed by atoms with E-state index >= 15 is 0 Å². The number of benzene rings is 1. The van der Waals surface area contributed by atoms with Crippen molar-refractivity contribution in [2.24, 2.45) is 5.92 Å². The van der Waals surface area contributed by atoms with E-state index in [4.69, 9.17) is 4.74 Å². The molecule has 182 valence electrons. The molecule has 1 atom stereocenters.